The van der Waals surface area contributed by atoms with Gasteiger partial charge >= 0.3 is 0 Å². The summed E-state index contributed by atoms with van der Waals surface area (Å²) in [6.45, 7) is 0. The number of aromatic hydroxyl groups is 4. The fourth-order valence-corrected chi connectivity index (χ4v) is 4.60. The van der Waals surface area contributed by atoms with Gasteiger partial charge in [-0.15, -0.1) is 0 Å². The average molecular weight is 384 g/mol. The number of benzene rings is 3. The van der Waals surface area contributed by atoms with E-state index in [1.165, 1.54) is 34.4 Å². The zero-order valence-corrected chi connectivity index (χ0v) is 15.6. The molecule has 4 N–H and O–H groups in total. The van der Waals surface area contributed by atoms with Crippen molar-refractivity contribution < 1.29 is 20.4 Å². The van der Waals surface area contributed by atoms with Crippen molar-refractivity contribution >= 4 is 5.57 Å². The van der Waals surface area contributed by atoms with Gasteiger partial charge in [-0.2, -0.15) is 0 Å². The van der Waals surface area contributed by atoms with Crippen LogP contribution in [0.3, 0.4) is 0 Å². The summed E-state index contributed by atoms with van der Waals surface area (Å²) in [6.07, 6.45) is 5.72. The molecule has 4 nitrogen and oxygen atoms in total. The molecular formula is C25H20O4. The van der Waals surface area contributed by atoms with Crippen LogP contribution in [0, 0.1) is 0 Å². The second kappa shape index (κ2) is 6.17. The summed E-state index contributed by atoms with van der Waals surface area (Å²) < 4.78 is 0. The molecule has 4 heteroatoms. The van der Waals surface area contributed by atoms with Crippen molar-refractivity contribution in [3.8, 4) is 23.0 Å². The summed E-state index contributed by atoms with van der Waals surface area (Å²) in [5.41, 5.74) is 6.01. The summed E-state index contributed by atoms with van der Waals surface area (Å²) >= 11 is 0. The number of allylic oxidation sites excluding steroid dienone is 4. The molecule has 0 aliphatic heterocycles. The van der Waals surface area contributed by atoms with Gasteiger partial charge in [0.1, 0.15) is 0 Å². The first kappa shape index (κ1) is 17.4. The lowest BCUT2D eigenvalue weighted by molar-refractivity contribution is 0.400. The zero-order chi connectivity index (χ0) is 20.2. The highest BCUT2D eigenvalue weighted by molar-refractivity contribution is 5.85. The smallest absolute Gasteiger partial charge is 0.157 e. The molecule has 144 valence electrons. The van der Waals surface area contributed by atoms with Crippen molar-refractivity contribution in [1.82, 2.24) is 0 Å². The minimum Gasteiger partial charge on any atom is -0.504 e. The van der Waals surface area contributed by atoms with E-state index in [4.69, 9.17) is 0 Å². The van der Waals surface area contributed by atoms with E-state index in [0.29, 0.717) is 6.42 Å². The van der Waals surface area contributed by atoms with Crippen molar-refractivity contribution in [3.63, 3.8) is 0 Å². The zero-order valence-electron chi connectivity index (χ0n) is 15.6. The third kappa shape index (κ3) is 2.60. The lowest BCUT2D eigenvalue weighted by Crippen LogP contribution is -2.28. The molecule has 3 aromatic rings. The molecule has 2 aliphatic carbocycles. The molecule has 0 unspecified atom stereocenters. The van der Waals surface area contributed by atoms with Crippen molar-refractivity contribution in [2.24, 2.45) is 0 Å². The Bertz CT molecular complexity index is 1150. The molecule has 0 saturated heterocycles. The van der Waals surface area contributed by atoms with E-state index in [2.05, 4.69) is 24.3 Å². The molecule has 2 aliphatic rings. The summed E-state index contributed by atoms with van der Waals surface area (Å²) in [5, 5.41) is 39.9. The van der Waals surface area contributed by atoms with E-state index in [1.807, 2.05) is 12.1 Å². The summed E-state index contributed by atoms with van der Waals surface area (Å²) in [5.74, 6) is -0.726. The molecule has 0 atom stereocenters. The van der Waals surface area contributed by atoms with Gasteiger partial charge in [-0.3, -0.25) is 0 Å². The van der Waals surface area contributed by atoms with Crippen LogP contribution in [-0.4, -0.2) is 20.4 Å². The standard InChI is InChI=1S/C25H20O4/c26-21-7-5-17(12-23(21)28)25(18-6-8-22(27)24(29)13-18)10-9-20-16(14-25)11-15-3-1-2-4-19(15)20/h1-10,12-13,26-29H,11,14H2. The highest BCUT2D eigenvalue weighted by Crippen LogP contribution is 2.50. The normalized spacial score (nSPS) is 16.6. The van der Waals surface area contributed by atoms with Crippen LogP contribution in [0.5, 0.6) is 23.0 Å². The number of phenols is 4. The molecule has 3 aromatic carbocycles. The highest BCUT2D eigenvalue weighted by atomic mass is 16.3. The average Bonchev–Trinajstić information content (AvgIpc) is 3.09. The Hall–Kier alpha value is -3.66. The van der Waals surface area contributed by atoms with Crippen LogP contribution in [0.4, 0.5) is 0 Å². The summed E-state index contributed by atoms with van der Waals surface area (Å²) in [7, 11) is 0. The van der Waals surface area contributed by atoms with Crippen molar-refractivity contribution in [2.75, 3.05) is 0 Å². The molecule has 0 heterocycles. The molecule has 5 rings (SSSR count). The second-order valence-corrected chi connectivity index (χ2v) is 7.74. The predicted molar refractivity (Wildman–Crippen MR) is 111 cm³/mol. The molecular weight excluding hydrogens is 364 g/mol. The van der Waals surface area contributed by atoms with Crippen molar-refractivity contribution in [2.45, 2.75) is 18.3 Å². The maximum Gasteiger partial charge on any atom is 0.157 e. The summed E-state index contributed by atoms with van der Waals surface area (Å²) in [6, 6.07) is 18.0. The molecule has 0 bridgehead atoms. The van der Waals surface area contributed by atoms with E-state index in [9.17, 15) is 20.4 Å². The SMILES string of the molecule is Oc1ccc(C2(c3ccc(O)c(O)c3)C=CC3=C(Cc4ccccc43)C2)cc1O. The predicted octanol–water partition coefficient (Wildman–Crippen LogP) is 4.76. The molecule has 29 heavy (non-hydrogen) atoms. The third-order valence-corrected chi connectivity index (χ3v) is 6.10. The fraction of sp³-hybridized carbons (Fsp3) is 0.120. The number of phenolic OH excluding ortho intramolecular Hbond substituents is 4. The first-order valence-electron chi connectivity index (χ1n) is 9.52. The number of hydrogen-bond donors (Lipinski definition) is 4. The maximum absolute atomic E-state index is 10.1. The molecule has 0 radical (unpaired) electrons. The third-order valence-electron chi connectivity index (χ3n) is 6.10. The van der Waals surface area contributed by atoms with Gasteiger partial charge in [-0.25, -0.2) is 0 Å². The lowest BCUT2D eigenvalue weighted by Gasteiger charge is -2.36. The monoisotopic (exact) mass is 384 g/mol. The van der Waals surface area contributed by atoms with Gasteiger partial charge < -0.3 is 20.4 Å². The van der Waals surface area contributed by atoms with Crippen LogP contribution in [0.15, 0.2) is 78.4 Å². The Labute approximate surface area is 168 Å². The van der Waals surface area contributed by atoms with Crippen LogP contribution < -0.4 is 0 Å². The van der Waals surface area contributed by atoms with Crippen LogP contribution in [0.1, 0.15) is 28.7 Å². The fourth-order valence-electron chi connectivity index (χ4n) is 4.60. The van der Waals surface area contributed by atoms with Gasteiger partial charge in [0.15, 0.2) is 23.0 Å². The highest BCUT2D eigenvalue weighted by Gasteiger charge is 2.38. The molecule has 0 aromatic heterocycles. The Kier molecular flexibility index (Phi) is 3.71. The second-order valence-electron chi connectivity index (χ2n) is 7.74. The number of fused-ring (bicyclic) bond motifs is 2. The molecule has 0 spiro atoms. The van der Waals surface area contributed by atoms with Gasteiger partial charge in [0.05, 0.1) is 0 Å². The first-order valence-corrected chi connectivity index (χ1v) is 9.52. The van der Waals surface area contributed by atoms with Gasteiger partial charge in [-0.05, 0) is 64.9 Å². The minimum absolute atomic E-state index is 0.176. The van der Waals surface area contributed by atoms with E-state index >= 15 is 0 Å². The minimum atomic E-state index is -0.642. The first-order chi connectivity index (χ1) is 14.0. The van der Waals surface area contributed by atoms with Gasteiger partial charge in [0, 0.05) is 5.41 Å². The van der Waals surface area contributed by atoms with E-state index in [-0.39, 0.29) is 23.0 Å². The van der Waals surface area contributed by atoms with Gasteiger partial charge in [0.2, 0.25) is 0 Å². The quantitative estimate of drug-likeness (QED) is 0.480. The molecule has 0 saturated carbocycles. The number of rotatable bonds is 2. The van der Waals surface area contributed by atoms with E-state index in [0.717, 1.165) is 17.5 Å². The Morgan fingerprint density at radius 3 is 1.93 bits per heavy atom. The molecule has 0 amide bonds. The Balaban J connectivity index is 1.68. The van der Waals surface area contributed by atoms with Crippen LogP contribution in [0.25, 0.3) is 5.57 Å². The maximum atomic E-state index is 10.1. The van der Waals surface area contributed by atoms with Crippen molar-refractivity contribution in [1.29, 1.82) is 0 Å². The van der Waals surface area contributed by atoms with Crippen molar-refractivity contribution in [3.05, 3.63) is 101 Å². The van der Waals surface area contributed by atoms with Crippen LogP contribution >= 0.6 is 0 Å². The van der Waals surface area contributed by atoms with Gasteiger partial charge in [0.25, 0.3) is 0 Å². The summed E-state index contributed by atoms with van der Waals surface area (Å²) in [4.78, 5) is 0. The Morgan fingerprint density at radius 1 is 0.690 bits per heavy atom. The molecule has 0 fully saturated rings. The topological polar surface area (TPSA) is 80.9 Å². The number of hydrogen-bond acceptors (Lipinski definition) is 4. The van der Waals surface area contributed by atoms with E-state index < -0.39 is 5.41 Å². The largest absolute Gasteiger partial charge is 0.504 e. The van der Waals surface area contributed by atoms with Crippen LogP contribution in [-0.2, 0) is 11.8 Å². The van der Waals surface area contributed by atoms with Gasteiger partial charge in [-0.1, -0.05) is 54.1 Å². The van der Waals surface area contributed by atoms with E-state index in [1.54, 1.807) is 24.3 Å². The lowest BCUT2D eigenvalue weighted by atomic mass is 9.67. The van der Waals surface area contributed by atoms with Crippen LogP contribution in [0.2, 0.25) is 0 Å². The Morgan fingerprint density at radius 2 is 1.31 bits per heavy atom.